The summed E-state index contributed by atoms with van der Waals surface area (Å²) in [6.45, 7) is 1.62. The Morgan fingerprint density at radius 3 is 2.30 bits per heavy atom. The summed E-state index contributed by atoms with van der Waals surface area (Å²) in [6.07, 6.45) is 1.45. The second kappa shape index (κ2) is 10.3. The number of halogens is 3. The number of rotatable bonds is 7. The van der Waals surface area contributed by atoms with E-state index in [2.05, 4.69) is 4.72 Å². The van der Waals surface area contributed by atoms with Crippen LogP contribution in [0.15, 0.2) is 76.4 Å². The Bertz CT molecular complexity index is 1810. The van der Waals surface area contributed by atoms with Crippen molar-refractivity contribution < 1.29 is 13.2 Å². The molecule has 0 bridgehead atoms. The van der Waals surface area contributed by atoms with Crippen molar-refractivity contribution in [3.8, 4) is 5.69 Å². The van der Waals surface area contributed by atoms with Gasteiger partial charge in [-0.25, -0.2) is 13.1 Å². The molecule has 5 rings (SSSR count). The number of para-hydroxylation sites is 1. The molecule has 208 valence electrons. The summed E-state index contributed by atoms with van der Waals surface area (Å²) in [4.78, 5) is 28.1. The number of carbonyl (C=O) groups is 1. The van der Waals surface area contributed by atoms with Crippen LogP contribution in [0.25, 0.3) is 5.69 Å². The summed E-state index contributed by atoms with van der Waals surface area (Å²) in [7, 11) is -1.13. The summed E-state index contributed by atoms with van der Waals surface area (Å²) in [5.41, 5.74) is 0.593. The van der Waals surface area contributed by atoms with Gasteiger partial charge in [-0.1, -0.05) is 65.1 Å². The number of sulfonamides is 1. The zero-order chi connectivity index (χ0) is 29.0. The number of carbonyl (C=O) groups excluding carboxylic acids is 1. The van der Waals surface area contributed by atoms with Gasteiger partial charge in [0.2, 0.25) is 0 Å². The first-order valence-electron chi connectivity index (χ1n) is 12.3. The van der Waals surface area contributed by atoms with Crippen molar-refractivity contribution in [1.29, 1.82) is 0 Å². The molecule has 0 spiro atoms. The van der Waals surface area contributed by atoms with Crippen LogP contribution in [0.4, 0.5) is 5.69 Å². The lowest BCUT2D eigenvalue weighted by Crippen LogP contribution is -2.37. The van der Waals surface area contributed by atoms with E-state index in [1.807, 2.05) is 24.3 Å². The molecule has 1 heterocycles. The monoisotopic (exact) mass is 618 g/mol. The van der Waals surface area contributed by atoms with E-state index in [1.165, 1.54) is 16.8 Å². The van der Waals surface area contributed by atoms with Crippen LogP contribution < -0.4 is 10.3 Å². The first kappa shape index (κ1) is 28.3. The average molecular weight is 620 g/mol. The van der Waals surface area contributed by atoms with Gasteiger partial charge >= 0.3 is 0 Å². The highest BCUT2D eigenvalue weighted by Crippen LogP contribution is 2.51. The number of aromatic nitrogens is 2. The summed E-state index contributed by atoms with van der Waals surface area (Å²) >= 11 is 18.9. The van der Waals surface area contributed by atoms with E-state index in [0.717, 1.165) is 18.4 Å². The molecule has 0 atom stereocenters. The normalized spacial score (nSPS) is 14.2. The molecule has 4 aromatic rings. The SMILES string of the molecule is Cc1c(NS(=O)(=O)c2cc(C(=O)N(C)C3(c4cccc(Cl)c4)CC3)cc(Cl)c2Cl)c(=O)n(-c2ccccc2)n1C. The van der Waals surface area contributed by atoms with Gasteiger partial charge in [0.1, 0.15) is 10.6 Å². The lowest BCUT2D eigenvalue weighted by Gasteiger charge is -2.29. The van der Waals surface area contributed by atoms with Crippen LogP contribution in [0.2, 0.25) is 15.1 Å². The molecule has 40 heavy (non-hydrogen) atoms. The van der Waals surface area contributed by atoms with Crippen molar-refractivity contribution in [3.05, 3.63) is 109 Å². The second-order valence-corrected chi connectivity index (χ2v) is 12.6. The van der Waals surface area contributed by atoms with Crippen molar-refractivity contribution in [2.75, 3.05) is 11.8 Å². The lowest BCUT2D eigenvalue weighted by atomic mass is 10.0. The van der Waals surface area contributed by atoms with Crippen molar-refractivity contribution in [2.45, 2.75) is 30.2 Å². The van der Waals surface area contributed by atoms with Crippen molar-refractivity contribution in [3.63, 3.8) is 0 Å². The standard InChI is InChI=1S/C28H25Cl3N4O4S/c1-17-25(27(37)35(34(17)3)21-10-5-4-6-11-21)32-40(38,39)23-15-18(14-22(30)24(23)31)26(36)33(2)28(12-13-28)19-8-7-9-20(29)16-19/h4-11,14-16,32H,12-13H2,1-3H3. The molecule has 12 heteroatoms. The Labute approximate surface area is 246 Å². The molecule has 0 aliphatic heterocycles. The fourth-order valence-electron chi connectivity index (χ4n) is 4.86. The highest BCUT2D eigenvalue weighted by Gasteiger charge is 2.50. The third kappa shape index (κ3) is 4.81. The summed E-state index contributed by atoms with van der Waals surface area (Å²) < 4.78 is 32.5. The van der Waals surface area contributed by atoms with E-state index in [0.29, 0.717) is 16.4 Å². The van der Waals surface area contributed by atoms with E-state index < -0.39 is 31.9 Å². The van der Waals surface area contributed by atoms with Crippen molar-refractivity contribution in [1.82, 2.24) is 14.3 Å². The quantitative estimate of drug-likeness (QED) is 0.274. The Balaban J connectivity index is 1.51. The molecule has 1 N–H and O–H groups in total. The molecule has 0 saturated heterocycles. The van der Waals surface area contributed by atoms with Gasteiger partial charge in [-0.2, -0.15) is 0 Å². The minimum absolute atomic E-state index is 0.0389. The number of amides is 1. The molecule has 1 aliphatic rings. The predicted octanol–water partition coefficient (Wildman–Crippen LogP) is 6.01. The van der Waals surface area contributed by atoms with Gasteiger partial charge in [0.25, 0.3) is 21.5 Å². The molecule has 0 unspecified atom stereocenters. The van der Waals surface area contributed by atoms with Gasteiger partial charge in [-0.05, 0) is 61.7 Å². The van der Waals surface area contributed by atoms with Crippen LogP contribution in [-0.2, 0) is 22.6 Å². The zero-order valence-electron chi connectivity index (χ0n) is 21.8. The third-order valence-electron chi connectivity index (χ3n) is 7.35. The van der Waals surface area contributed by atoms with E-state index in [9.17, 15) is 18.0 Å². The fraction of sp³-hybridized carbons (Fsp3) is 0.214. The zero-order valence-corrected chi connectivity index (χ0v) is 24.9. The van der Waals surface area contributed by atoms with E-state index in [1.54, 1.807) is 60.9 Å². The number of hydrogen-bond donors (Lipinski definition) is 1. The highest BCUT2D eigenvalue weighted by atomic mass is 35.5. The predicted molar refractivity (Wildman–Crippen MR) is 157 cm³/mol. The maximum absolute atomic E-state index is 13.6. The Hall–Kier alpha value is -3.24. The molecule has 1 saturated carbocycles. The van der Waals surface area contributed by atoms with Gasteiger partial charge < -0.3 is 4.90 Å². The minimum atomic E-state index is -4.44. The lowest BCUT2D eigenvalue weighted by molar-refractivity contribution is 0.0704. The fourth-order valence-corrected chi connectivity index (χ4v) is 6.98. The third-order valence-corrected chi connectivity index (χ3v) is 9.88. The van der Waals surface area contributed by atoms with Crippen LogP contribution in [-0.4, -0.2) is 35.6 Å². The topological polar surface area (TPSA) is 93.4 Å². The molecular weight excluding hydrogens is 595 g/mol. The summed E-state index contributed by atoms with van der Waals surface area (Å²) in [6, 6.07) is 18.6. The molecule has 1 amide bonds. The number of hydrogen-bond acceptors (Lipinski definition) is 4. The average Bonchev–Trinajstić information content (AvgIpc) is 3.71. The van der Waals surface area contributed by atoms with Crippen LogP contribution in [0.1, 0.15) is 34.5 Å². The van der Waals surface area contributed by atoms with Crippen LogP contribution in [0.5, 0.6) is 0 Å². The van der Waals surface area contributed by atoms with Gasteiger partial charge in [-0.3, -0.25) is 19.0 Å². The van der Waals surface area contributed by atoms with Crippen molar-refractivity contribution >= 4 is 56.4 Å². The van der Waals surface area contributed by atoms with E-state index >= 15 is 0 Å². The van der Waals surface area contributed by atoms with Gasteiger partial charge in [-0.15, -0.1) is 0 Å². The largest absolute Gasteiger partial charge is 0.332 e. The number of nitrogens with one attached hydrogen (secondary N) is 1. The molecule has 1 aromatic heterocycles. The number of anilines is 1. The molecule has 8 nitrogen and oxygen atoms in total. The maximum atomic E-state index is 13.6. The van der Waals surface area contributed by atoms with Gasteiger partial charge in [0.15, 0.2) is 0 Å². The number of nitrogens with zero attached hydrogens (tertiary/aromatic N) is 3. The van der Waals surface area contributed by atoms with Gasteiger partial charge in [0.05, 0.1) is 27.0 Å². The van der Waals surface area contributed by atoms with E-state index in [-0.39, 0.29) is 21.3 Å². The van der Waals surface area contributed by atoms with Crippen molar-refractivity contribution in [2.24, 2.45) is 7.05 Å². The first-order valence-corrected chi connectivity index (χ1v) is 14.9. The first-order chi connectivity index (χ1) is 18.9. The summed E-state index contributed by atoms with van der Waals surface area (Å²) in [5, 5.41) is 0.183. The number of benzene rings is 3. The Morgan fingerprint density at radius 2 is 1.68 bits per heavy atom. The Kier molecular flexibility index (Phi) is 7.29. The Morgan fingerprint density at radius 1 is 1.00 bits per heavy atom. The second-order valence-electron chi connectivity index (χ2n) is 9.72. The van der Waals surface area contributed by atoms with Gasteiger partial charge in [0, 0.05) is 24.7 Å². The molecule has 0 radical (unpaired) electrons. The highest BCUT2D eigenvalue weighted by molar-refractivity contribution is 7.92. The maximum Gasteiger partial charge on any atom is 0.296 e. The molecule has 3 aromatic carbocycles. The van der Waals surface area contributed by atoms with Crippen LogP contribution in [0.3, 0.4) is 0 Å². The molecular formula is C28H25Cl3N4O4S. The van der Waals surface area contributed by atoms with E-state index in [4.69, 9.17) is 34.8 Å². The van der Waals surface area contributed by atoms with Crippen LogP contribution in [0, 0.1) is 6.92 Å². The van der Waals surface area contributed by atoms with Crippen LogP contribution >= 0.6 is 34.8 Å². The molecule has 1 aliphatic carbocycles. The smallest absolute Gasteiger partial charge is 0.296 e. The summed E-state index contributed by atoms with van der Waals surface area (Å²) in [5.74, 6) is -0.435. The minimum Gasteiger partial charge on any atom is -0.332 e. The molecule has 1 fully saturated rings.